The van der Waals surface area contributed by atoms with E-state index in [9.17, 15) is 47.6 Å². The Morgan fingerprint density at radius 3 is 1.63 bits per heavy atom. The Bertz CT molecular complexity index is 2370. The van der Waals surface area contributed by atoms with Crippen molar-refractivity contribution in [1.29, 1.82) is 0 Å². The predicted molar refractivity (Wildman–Crippen MR) is 199 cm³/mol. The molecule has 334 valence electrons. The summed E-state index contributed by atoms with van der Waals surface area (Å²) in [6.45, 7) is 1.42. The summed E-state index contributed by atoms with van der Waals surface area (Å²) in [5.74, 6) is -1.97. The number of aromatic nitrogens is 8. The van der Waals surface area contributed by atoms with Gasteiger partial charge in [-0.15, -0.1) is 0 Å². The van der Waals surface area contributed by atoms with E-state index in [1.165, 1.54) is 12.7 Å². The van der Waals surface area contributed by atoms with E-state index in [0.29, 0.717) is 43.9 Å². The van der Waals surface area contributed by atoms with Crippen molar-refractivity contribution in [1.82, 2.24) is 53.4 Å². The van der Waals surface area contributed by atoms with Crippen molar-refractivity contribution in [3.8, 4) is 0 Å². The molecule has 4 aromatic heterocycles. The number of nitrogens with two attached hydrogens (primary N) is 2. The Morgan fingerprint density at radius 1 is 0.833 bits per heavy atom. The van der Waals surface area contributed by atoms with Crippen molar-refractivity contribution in [3.63, 3.8) is 0 Å². The summed E-state index contributed by atoms with van der Waals surface area (Å²) in [7, 11) is -4.54. The Balaban J connectivity index is 0.000000170. The fourth-order valence-electron chi connectivity index (χ4n) is 7.55. The number of hydrogen-bond donors (Lipinski definition) is 4. The van der Waals surface area contributed by atoms with Crippen LogP contribution in [0.3, 0.4) is 0 Å². The molecule has 4 aromatic rings. The number of carboxylic acids is 1. The number of rotatable bonds is 9. The second kappa shape index (κ2) is 17.7. The molecule has 20 nitrogen and oxygen atoms in total. The van der Waals surface area contributed by atoms with Crippen LogP contribution >= 0.6 is 11.6 Å². The fraction of sp³-hybridized carbons (Fsp3) is 0.633. The van der Waals surface area contributed by atoms with Gasteiger partial charge < -0.3 is 15.3 Å². The maximum absolute atomic E-state index is 12.7. The van der Waals surface area contributed by atoms with Gasteiger partial charge in [0.15, 0.2) is 11.3 Å². The molecule has 30 heteroatoms. The highest BCUT2D eigenvalue weighted by molar-refractivity contribution is 7.87. The highest BCUT2D eigenvalue weighted by Gasteiger charge is 2.56. The van der Waals surface area contributed by atoms with Crippen LogP contribution in [0.1, 0.15) is 25.7 Å². The number of carboxylic acid groups (broad SMARTS) is 1. The average Bonchev–Trinajstić information content (AvgIpc) is 3.63. The maximum atomic E-state index is 12.7. The van der Waals surface area contributed by atoms with Crippen molar-refractivity contribution in [2.75, 3.05) is 44.2 Å². The smallest absolute Gasteiger partial charge is 0.475 e. The summed E-state index contributed by atoms with van der Waals surface area (Å²) in [4.78, 5) is 27.3. The minimum atomic E-state index is -5.08. The molecule has 6 heterocycles. The Hall–Kier alpha value is -4.13. The van der Waals surface area contributed by atoms with Gasteiger partial charge in [-0.1, -0.05) is 11.6 Å². The molecule has 2 saturated heterocycles. The molecule has 0 bridgehead atoms. The second-order valence-corrected chi connectivity index (χ2v) is 18.1. The minimum Gasteiger partial charge on any atom is -0.475 e. The lowest BCUT2D eigenvalue weighted by molar-refractivity contribution is -0.192. The molecule has 6 N–H and O–H groups in total. The number of carbonyl (C=O) groups is 1. The number of halogens is 8. The monoisotopic (exact) mass is 924 g/mol. The zero-order valence-electron chi connectivity index (χ0n) is 31.6. The van der Waals surface area contributed by atoms with Gasteiger partial charge in [-0.25, -0.2) is 52.6 Å². The van der Waals surface area contributed by atoms with Crippen molar-refractivity contribution in [2.45, 2.75) is 56.8 Å². The van der Waals surface area contributed by atoms with Crippen molar-refractivity contribution < 1.29 is 57.5 Å². The van der Waals surface area contributed by atoms with Gasteiger partial charge in [0.2, 0.25) is 0 Å². The molecule has 4 aliphatic rings. The maximum Gasteiger partial charge on any atom is 0.490 e. The van der Waals surface area contributed by atoms with Crippen molar-refractivity contribution >= 4 is 65.9 Å². The predicted octanol–water partition coefficient (Wildman–Crippen LogP) is 1.26. The number of hydrogen-bond acceptors (Lipinski definition) is 13. The third kappa shape index (κ3) is 10.8. The first-order chi connectivity index (χ1) is 27.7. The SMILES string of the molecule is Cn1ncc2c(Cl)ncnc21.Cn1ncc2c(N3CC4(CC(N(CC(F)F)S(N)(=O)=O)C4)C3)ncnc21.NS(=O)(=O)N(CC(F)F)C1CC2(CNC2)C1.O=C(O)C(F)(F)F. The van der Waals surface area contributed by atoms with E-state index in [2.05, 4.69) is 40.3 Å². The first kappa shape index (κ1) is 46.9. The van der Waals surface area contributed by atoms with E-state index >= 15 is 0 Å². The van der Waals surface area contributed by atoms with Crippen LogP contribution in [0.4, 0.5) is 36.6 Å². The van der Waals surface area contributed by atoms with Gasteiger partial charge in [-0.2, -0.15) is 48.8 Å². The lowest BCUT2D eigenvalue weighted by atomic mass is 9.60. The number of alkyl halides is 7. The molecule has 60 heavy (non-hydrogen) atoms. The van der Waals surface area contributed by atoms with Gasteiger partial charge in [0, 0.05) is 57.8 Å². The summed E-state index contributed by atoms with van der Waals surface area (Å²) in [6.07, 6.45) is -1.95. The van der Waals surface area contributed by atoms with E-state index in [4.69, 9.17) is 31.8 Å². The molecular formula is C30H40ClF7N14O6S2. The standard InChI is InChI=1S/C14H19F2N7O2S.C8H15F2N3O2S.C6H5ClN4.C2HF3O2/c1-21-12-10(4-20-21)13(19-8-18-12)22-6-14(7-22)2-9(3-14)23(5-11(15)16)26(17,24)25;9-7(10)3-13(16(11,14)15)6-1-8(2-6)4-12-5-8;1-11-6-4(2-10-11)5(7)8-3-9-6;3-2(4,5)1(6)7/h4,8-9,11H,2-3,5-7H2,1H3,(H2,17,24,25);6-7,12H,1-5H2,(H2,11,14,15);2-3H,1H3;(H,6,7). The van der Waals surface area contributed by atoms with Gasteiger partial charge in [0.25, 0.3) is 33.3 Å². The number of nitrogens with zero attached hydrogens (tertiary/aromatic N) is 11. The minimum absolute atomic E-state index is 0.0742. The molecule has 2 aliphatic heterocycles. The zero-order chi connectivity index (χ0) is 44.6. The molecule has 2 aliphatic carbocycles. The molecule has 0 radical (unpaired) electrons. The lowest BCUT2D eigenvalue weighted by Gasteiger charge is -2.60. The summed E-state index contributed by atoms with van der Waals surface area (Å²) in [5.41, 5.74) is 1.55. The molecular weight excluding hydrogens is 885 g/mol. The summed E-state index contributed by atoms with van der Waals surface area (Å²) in [5, 5.41) is 30.5. The number of anilines is 1. The number of aliphatic carboxylic acids is 1. The first-order valence-electron chi connectivity index (χ1n) is 17.6. The Kier molecular flexibility index (Phi) is 13.8. The molecule has 0 atom stereocenters. The average molecular weight is 925 g/mol. The van der Waals surface area contributed by atoms with E-state index < -0.39 is 64.5 Å². The number of fused-ring (bicyclic) bond motifs is 2. The summed E-state index contributed by atoms with van der Waals surface area (Å²) < 4.78 is 132. The largest absolute Gasteiger partial charge is 0.490 e. The van der Waals surface area contributed by atoms with Crippen LogP contribution in [0, 0.1) is 10.8 Å². The normalized spacial score (nSPS) is 19.5. The van der Waals surface area contributed by atoms with Crippen LogP contribution in [0.2, 0.25) is 5.15 Å². The van der Waals surface area contributed by atoms with Crippen molar-refractivity contribution in [3.05, 3.63) is 30.2 Å². The van der Waals surface area contributed by atoms with E-state index in [1.807, 2.05) is 7.05 Å². The van der Waals surface area contributed by atoms with Crippen LogP contribution in [0.5, 0.6) is 0 Å². The van der Waals surface area contributed by atoms with Crippen LogP contribution < -0.4 is 20.5 Å². The first-order valence-corrected chi connectivity index (χ1v) is 20.9. The molecule has 4 fully saturated rings. The third-order valence-electron chi connectivity index (χ3n) is 10.4. The lowest BCUT2D eigenvalue weighted by Crippen LogP contribution is -2.68. The Labute approximate surface area is 342 Å². The van der Waals surface area contributed by atoms with Crippen LogP contribution in [0.25, 0.3) is 22.1 Å². The quantitative estimate of drug-likeness (QED) is 0.136. The van der Waals surface area contributed by atoms with E-state index in [0.717, 1.165) is 49.6 Å². The van der Waals surface area contributed by atoms with Gasteiger partial charge in [0.1, 0.15) is 23.6 Å². The summed E-state index contributed by atoms with van der Waals surface area (Å²) in [6, 6.07) is -0.823. The summed E-state index contributed by atoms with van der Waals surface area (Å²) >= 11 is 5.77. The van der Waals surface area contributed by atoms with Gasteiger partial charge in [-0.05, 0) is 31.1 Å². The van der Waals surface area contributed by atoms with Crippen LogP contribution in [-0.4, -0.2) is 146 Å². The van der Waals surface area contributed by atoms with Gasteiger partial charge >= 0.3 is 12.1 Å². The van der Waals surface area contributed by atoms with Crippen LogP contribution in [0.15, 0.2) is 25.0 Å². The molecule has 0 amide bonds. The highest BCUT2D eigenvalue weighted by Crippen LogP contribution is 2.52. The van der Waals surface area contributed by atoms with E-state index in [-0.39, 0.29) is 16.9 Å². The molecule has 0 unspecified atom stereocenters. The van der Waals surface area contributed by atoms with Crippen LogP contribution in [-0.2, 0) is 39.3 Å². The zero-order valence-corrected chi connectivity index (χ0v) is 34.0. The number of aryl methyl sites for hydroxylation is 2. The van der Waals surface area contributed by atoms with Gasteiger partial charge in [0.05, 0.1) is 36.3 Å². The fourth-order valence-corrected chi connectivity index (χ4v) is 9.50. The van der Waals surface area contributed by atoms with Crippen molar-refractivity contribution in [2.24, 2.45) is 35.2 Å². The highest BCUT2D eigenvalue weighted by atomic mass is 35.5. The second-order valence-electron chi connectivity index (χ2n) is 14.8. The molecule has 0 aromatic carbocycles. The topological polar surface area (TPSA) is 267 Å². The third-order valence-corrected chi connectivity index (χ3v) is 12.9. The Morgan fingerprint density at radius 2 is 1.25 bits per heavy atom. The molecule has 2 spiro atoms. The molecule has 2 saturated carbocycles. The number of nitrogens with one attached hydrogen (secondary N) is 1. The molecule has 8 rings (SSSR count). The van der Waals surface area contributed by atoms with E-state index in [1.54, 1.807) is 28.8 Å². The van der Waals surface area contributed by atoms with Gasteiger partial charge in [-0.3, -0.25) is 9.36 Å².